The van der Waals surface area contributed by atoms with Crippen molar-refractivity contribution in [2.75, 3.05) is 5.32 Å². The second kappa shape index (κ2) is 6.07. The van der Waals surface area contributed by atoms with Crippen molar-refractivity contribution < 1.29 is 9.90 Å². The first-order valence-electron chi connectivity index (χ1n) is 5.80. The molecular weight excluding hydrogens is 246 g/mol. The molecule has 4 N–H and O–H groups in total. The lowest BCUT2D eigenvalue weighted by Crippen LogP contribution is -2.19. The summed E-state index contributed by atoms with van der Waals surface area (Å²) in [5.74, 6) is -0.219. The molecule has 0 saturated carbocycles. The molecule has 100 valence electrons. The molecule has 1 aromatic heterocycles. The van der Waals surface area contributed by atoms with Gasteiger partial charge in [0.25, 0.3) is 0 Å². The molecule has 1 heterocycles. The molecule has 0 aliphatic rings. The van der Waals surface area contributed by atoms with Crippen molar-refractivity contribution in [2.45, 2.75) is 19.7 Å². The van der Waals surface area contributed by atoms with Gasteiger partial charge >= 0.3 is 0 Å². The van der Waals surface area contributed by atoms with Gasteiger partial charge in [0, 0.05) is 12.2 Å². The summed E-state index contributed by atoms with van der Waals surface area (Å²) in [6, 6.07) is 7.01. The van der Waals surface area contributed by atoms with Gasteiger partial charge in [-0.1, -0.05) is 17.3 Å². The van der Waals surface area contributed by atoms with Gasteiger partial charge in [-0.05, 0) is 17.7 Å². The van der Waals surface area contributed by atoms with Crippen molar-refractivity contribution in [3.05, 3.63) is 41.7 Å². The highest BCUT2D eigenvalue weighted by Crippen LogP contribution is 2.10. The monoisotopic (exact) mass is 261 g/mol. The van der Waals surface area contributed by atoms with Crippen molar-refractivity contribution in [3.8, 4) is 0 Å². The Hall–Kier alpha value is -2.25. The summed E-state index contributed by atoms with van der Waals surface area (Å²) in [4.78, 5) is 11.8. The van der Waals surface area contributed by atoms with Gasteiger partial charge in [0.1, 0.15) is 6.54 Å². The van der Waals surface area contributed by atoms with E-state index < -0.39 is 0 Å². The summed E-state index contributed by atoms with van der Waals surface area (Å²) in [7, 11) is 0. The van der Waals surface area contributed by atoms with Crippen LogP contribution < -0.4 is 11.1 Å². The first-order chi connectivity index (χ1) is 9.21. The van der Waals surface area contributed by atoms with Crippen LogP contribution in [-0.4, -0.2) is 26.0 Å². The Bertz CT molecular complexity index is 567. The first kappa shape index (κ1) is 13.2. The minimum atomic E-state index is -0.219. The van der Waals surface area contributed by atoms with Gasteiger partial charge in [-0.25, -0.2) is 4.68 Å². The van der Waals surface area contributed by atoms with Crippen molar-refractivity contribution in [1.29, 1.82) is 0 Å². The lowest BCUT2D eigenvalue weighted by Gasteiger charge is -2.06. The van der Waals surface area contributed by atoms with Crippen LogP contribution in [0.15, 0.2) is 30.5 Å². The fourth-order valence-corrected chi connectivity index (χ4v) is 1.60. The number of nitrogens with two attached hydrogens (primary N) is 1. The van der Waals surface area contributed by atoms with E-state index in [0.717, 1.165) is 5.56 Å². The van der Waals surface area contributed by atoms with Gasteiger partial charge in [0.05, 0.1) is 18.5 Å². The van der Waals surface area contributed by atoms with Crippen LogP contribution in [0.2, 0.25) is 0 Å². The zero-order chi connectivity index (χ0) is 13.7. The van der Waals surface area contributed by atoms with Crippen LogP contribution in [-0.2, 0) is 24.5 Å². The van der Waals surface area contributed by atoms with Gasteiger partial charge < -0.3 is 16.2 Å². The minimum absolute atomic E-state index is 0.0629. The third-order valence-electron chi connectivity index (χ3n) is 2.49. The van der Waals surface area contributed by atoms with Crippen LogP contribution in [0.4, 0.5) is 5.69 Å². The number of carbonyl (C=O) groups excluding carboxylic acids is 1. The maximum atomic E-state index is 11.8. The molecule has 2 aromatic rings. The number of hydrogen-bond donors (Lipinski definition) is 3. The van der Waals surface area contributed by atoms with E-state index in [-0.39, 0.29) is 19.1 Å². The Morgan fingerprint density at radius 2 is 2.32 bits per heavy atom. The van der Waals surface area contributed by atoms with E-state index in [9.17, 15) is 4.79 Å². The number of amides is 1. The Morgan fingerprint density at radius 3 is 3.00 bits per heavy atom. The Kier molecular flexibility index (Phi) is 4.22. The molecule has 0 unspecified atom stereocenters. The fourth-order valence-electron chi connectivity index (χ4n) is 1.60. The number of aliphatic hydroxyl groups is 1. The predicted octanol–water partition coefficient (Wildman–Crippen LogP) is -0.132. The molecule has 19 heavy (non-hydrogen) atoms. The second-order valence-corrected chi connectivity index (χ2v) is 4.02. The third kappa shape index (κ3) is 3.60. The average molecular weight is 261 g/mol. The van der Waals surface area contributed by atoms with Crippen LogP contribution in [0, 0.1) is 0 Å². The number of rotatable bonds is 5. The quantitative estimate of drug-likeness (QED) is 0.695. The van der Waals surface area contributed by atoms with E-state index in [4.69, 9.17) is 10.8 Å². The highest BCUT2D eigenvalue weighted by molar-refractivity contribution is 5.90. The molecule has 0 atom stereocenters. The topological polar surface area (TPSA) is 106 Å². The number of carbonyl (C=O) groups is 1. The molecule has 0 radical (unpaired) electrons. The zero-order valence-corrected chi connectivity index (χ0v) is 10.3. The van der Waals surface area contributed by atoms with Gasteiger partial charge in [-0.15, -0.1) is 5.10 Å². The zero-order valence-electron chi connectivity index (χ0n) is 10.3. The van der Waals surface area contributed by atoms with Crippen LogP contribution in [0.5, 0.6) is 0 Å². The highest BCUT2D eigenvalue weighted by atomic mass is 16.3. The molecule has 1 aromatic carbocycles. The Morgan fingerprint density at radius 1 is 1.47 bits per heavy atom. The average Bonchev–Trinajstić information content (AvgIpc) is 2.86. The Balaban J connectivity index is 1.96. The fraction of sp³-hybridized carbons (Fsp3) is 0.250. The molecule has 0 aliphatic heterocycles. The number of benzene rings is 1. The number of anilines is 1. The predicted molar refractivity (Wildman–Crippen MR) is 68.9 cm³/mol. The molecule has 7 nitrogen and oxygen atoms in total. The Labute approximate surface area is 110 Å². The molecule has 2 rings (SSSR count). The normalized spacial score (nSPS) is 10.4. The first-order valence-corrected chi connectivity index (χ1v) is 5.80. The van der Waals surface area contributed by atoms with Gasteiger partial charge in [-0.3, -0.25) is 4.79 Å². The van der Waals surface area contributed by atoms with Gasteiger partial charge in [0.15, 0.2) is 0 Å². The number of nitrogens with zero attached hydrogens (tertiary/aromatic N) is 3. The summed E-state index contributed by atoms with van der Waals surface area (Å²) in [6.45, 7) is 0.295. The third-order valence-corrected chi connectivity index (χ3v) is 2.49. The van der Waals surface area contributed by atoms with Gasteiger partial charge in [0.2, 0.25) is 5.91 Å². The van der Waals surface area contributed by atoms with Crippen molar-refractivity contribution in [3.63, 3.8) is 0 Å². The van der Waals surface area contributed by atoms with E-state index in [2.05, 4.69) is 15.6 Å². The number of aliphatic hydroxyl groups excluding tert-OH is 1. The summed E-state index contributed by atoms with van der Waals surface area (Å²) >= 11 is 0. The molecule has 0 aliphatic carbocycles. The van der Waals surface area contributed by atoms with E-state index >= 15 is 0 Å². The molecule has 1 amide bonds. The molecule has 0 bridgehead atoms. The molecule has 0 spiro atoms. The van der Waals surface area contributed by atoms with E-state index in [1.807, 2.05) is 0 Å². The molecular formula is C12H15N5O2. The number of aromatic nitrogens is 3. The number of hydrogen-bond acceptors (Lipinski definition) is 5. The molecule has 0 fully saturated rings. The van der Waals surface area contributed by atoms with Crippen LogP contribution in [0.3, 0.4) is 0 Å². The van der Waals surface area contributed by atoms with Crippen LogP contribution in [0.25, 0.3) is 0 Å². The van der Waals surface area contributed by atoms with E-state index in [1.54, 1.807) is 30.5 Å². The van der Waals surface area contributed by atoms with Gasteiger partial charge in [-0.2, -0.15) is 0 Å². The largest absolute Gasteiger partial charge is 0.392 e. The summed E-state index contributed by atoms with van der Waals surface area (Å²) in [6.07, 6.45) is 1.63. The summed E-state index contributed by atoms with van der Waals surface area (Å²) in [5.41, 5.74) is 7.42. The molecule has 7 heteroatoms. The number of nitrogens with one attached hydrogen (secondary N) is 1. The van der Waals surface area contributed by atoms with Crippen LogP contribution >= 0.6 is 0 Å². The van der Waals surface area contributed by atoms with Crippen LogP contribution in [0.1, 0.15) is 11.3 Å². The highest BCUT2D eigenvalue weighted by Gasteiger charge is 2.06. The minimum Gasteiger partial charge on any atom is -0.392 e. The SMILES string of the molecule is NCc1cn(CC(=O)Nc2cccc(CO)c2)nn1. The maximum absolute atomic E-state index is 11.8. The van der Waals surface area contributed by atoms with E-state index in [0.29, 0.717) is 17.9 Å². The molecule has 0 saturated heterocycles. The lowest BCUT2D eigenvalue weighted by atomic mass is 10.2. The van der Waals surface area contributed by atoms with Crippen molar-refractivity contribution in [2.24, 2.45) is 5.73 Å². The standard InChI is InChI=1S/C12H15N5O2/c13-5-11-6-17(16-15-11)7-12(19)14-10-3-1-2-9(4-10)8-18/h1-4,6,18H,5,7-8,13H2,(H,14,19). The summed E-state index contributed by atoms with van der Waals surface area (Å²) < 4.78 is 1.42. The maximum Gasteiger partial charge on any atom is 0.246 e. The van der Waals surface area contributed by atoms with E-state index in [1.165, 1.54) is 4.68 Å². The second-order valence-electron chi connectivity index (χ2n) is 4.02. The van der Waals surface area contributed by atoms with Crippen molar-refractivity contribution in [1.82, 2.24) is 15.0 Å². The lowest BCUT2D eigenvalue weighted by molar-refractivity contribution is -0.116. The van der Waals surface area contributed by atoms with Crippen molar-refractivity contribution >= 4 is 11.6 Å². The summed E-state index contributed by atoms with van der Waals surface area (Å²) in [5, 5.41) is 19.3. The smallest absolute Gasteiger partial charge is 0.246 e.